The first-order valence-corrected chi connectivity index (χ1v) is 8.60. The summed E-state index contributed by atoms with van der Waals surface area (Å²) in [6, 6.07) is 4.98. The standard InChI is InChI=1S/C15H20N2O3S/c1-4-5-14-16-12-8-11(15(18)19)6-7-13(12)17(14)9-10(2)21(3)20/h6-8,10H,4-5,9H2,1-3H3,(H,18,19). The smallest absolute Gasteiger partial charge is 0.335 e. The van der Waals surface area contributed by atoms with Gasteiger partial charge >= 0.3 is 5.97 Å². The molecule has 0 saturated carbocycles. The number of hydrogen-bond donors (Lipinski definition) is 1. The third-order valence-corrected chi connectivity index (χ3v) is 4.84. The van der Waals surface area contributed by atoms with Gasteiger partial charge in [-0.2, -0.15) is 0 Å². The van der Waals surface area contributed by atoms with E-state index in [1.165, 1.54) is 0 Å². The Balaban J connectivity index is 2.52. The molecule has 1 heterocycles. The molecule has 2 unspecified atom stereocenters. The summed E-state index contributed by atoms with van der Waals surface area (Å²) in [6.45, 7) is 4.65. The van der Waals surface area contributed by atoms with Crippen molar-refractivity contribution in [2.24, 2.45) is 0 Å². The van der Waals surface area contributed by atoms with Crippen molar-refractivity contribution in [3.05, 3.63) is 29.6 Å². The first-order valence-electron chi connectivity index (χ1n) is 6.98. The Morgan fingerprint density at radius 2 is 2.19 bits per heavy atom. The fourth-order valence-electron chi connectivity index (χ4n) is 2.29. The molecule has 1 aromatic carbocycles. The number of aryl methyl sites for hydroxylation is 1. The largest absolute Gasteiger partial charge is 0.478 e. The van der Waals surface area contributed by atoms with Gasteiger partial charge in [0.1, 0.15) is 5.82 Å². The van der Waals surface area contributed by atoms with E-state index in [4.69, 9.17) is 5.11 Å². The lowest BCUT2D eigenvalue weighted by atomic mass is 10.2. The van der Waals surface area contributed by atoms with E-state index in [0.717, 1.165) is 24.2 Å². The fourth-order valence-corrected chi connectivity index (χ4v) is 2.65. The summed E-state index contributed by atoms with van der Waals surface area (Å²) in [5, 5.41) is 9.09. The summed E-state index contributed by atoms with van der Waals surface area (Å²) >= 11 is 0. The molecule has 2 aromatic rings. The third kappa shape index (κ3) is 3.32. The number of carboxylic acids is 1. The normalized spacial score (nSPS) is 14.2. The van der Waals surface area contributed by atoms with Crippen LogP contribution in [0.5, 0.6) is 0 Å². The third-order valence-electron chi connectivity index (χ3n) is 3.55. The number of imidazole rings is 1. The van der Waals surface area contributed by atoms with Gasteiger partial charge in [-0.25, -0.2) is 9.78 Å². The maximum Gasteiger partial charge on any atom is 0.335 e. The van der Waals surface area contributed by atoms with Crippen molar-refractivity contribution in [1.82, 2.24) is 9.55 Å². The molecule has 0 fully saturated rings. The lowest BCUT2D eigenvalue weighted by Gasteiger charge is -2.13. The number of benzene rings is 1. The molecule has 6 heteroatoms. The minimum Gasteiger partial charge on any atom is -0.478 e. The Bertz CT molecular complexity index is 694. The predicted molar refractivity (Wildman–Crippen MR) is 84.2 cm³/mol. The van der Waals surface area contributed by atoms with E-state index < -0.39 is 16.8 Å². The number of aromatic carboxylic acids is 1. The highest BCUT2D eigenvalue weighted by Crippen LogP contribution is 2.20. The molecule has 0 bridgehead atoms. The zero-order chi connectivity index (χ0) is 15.6. The van der Waals surface area contributed by atoms with Crippen molar-refractivity contribution in [2.75, 3.05) is 6.26 Å². The Morgan fingerprint density at radius 1 is 1.48 bits per heavy atom. The highest BCUT2D eigenvalue weighted by Gasteiger charge is 2.16. The molecular formula is C15H20N2O3S. The summed E-state index contributed by atoms with van der Waals surface area (Å²) in [6.07, 6.45) is 3.48. The first kappa shape index (κ1) is 15.7. The minimum absolute atomic E-state index is 0.0251. The lowest BCUT2D eigenvalue weighted by molar-refractivity contribution is 0.0697. The molecule has 0 saturated heterocycles. The van der Waals surface area contributed by atoms with Gasteiger partial charge in [-0.15, -0.1) is 0 Å². The van der Waals surface area contributed by atoms with Crippen LogP contribution >= 0.6 is 0 Å². The quantitative estimate of drug-likeness (QED) is 0.889. The van der Waals surface area contributed by atoms with Crippen molar-refractivity contribution in [3.8, 4) is 0 Å². The number of nitrogens with zero attached hydrogens (tertiary/aromatic N) is 2. The predicted octanol–water partition coefficient (Wildman–Crippen LogP) is 2.45. The van der Waals surface area contributed by atoms with Gasteiger partial charge in [0.15, 0.2) is 0 Å². The molecule has 2 rings (SSSR count). The molecule has 114 valence electrons. The highest BCUT2D eigenvalue weighted by atomic mass is 32.2. The molecule has 0 aliphatic rings. The fraction of sp³-hybridized carbons (Fsp3) is 0.467. The number of carboxylic acid groups (broad SMARTS) is 1. The van der Waals surface area contributed by atoms with E-state index in [0.29, 0.717) is 12.1 Å². The van der Waals surface area contributed by atoms with Crippen LogP contribution in [0.15, 0.2) is 18.2 Å². The Hall–Kier alpha value is -1.69. The second kappa shape index (κ2) is 6.39. The van der Waals surface area contributed by atoms with Crippen LogP contribution in [0.4, 0.5) is 0 Å². The molecule has 5 nitrogen and oxygen atoms in total. The van der Waals surface area contributed by atoms with E-state index in [9.17, 15) is 9.00 Å². The summed E-state index contributed by atoms with van der Waals surface area (Å²) in [7, 11) is -0.904. The summed E-state index contributed by atoms with van der Waals surface area (Å²) in [4.78, 5) is 15.6. The van der Waals surface area contributed by atoms with Gasteiger partial charge in [0, 0.05) is 35.3 Å². The summed E-state index contributed by atoms with van der Waals surface area (Å²) in [5.74, 6) is -0.0288. The molecular weight excluding hydrogens is 288 g/mol. The van der Waals surface area contributed by atoms with Gasteiger partial charge in [0.05, 0.1) is 16.6 Å². The van der Waals surface area contributed by atoms with E-state index in [-0.39, 0.29) is 10.8 Å². The van der Waals surface area contributed by atoms with Crippen LogP contribution in [0.3, 0.4) is 0 Å². The highest BCUT2D eigenvalue weighted by molar-refractivity contribution is 7.84. The Morgan fingerprint density at radius 3 is 2.76 bits per heavy atom. The van der Waals surface area contributed by atoms with Gasteiger partial charge in [-0.1, -0.05) is 6.92 Å². The van der Waals surface area contributed by atoms with Gasteiger partial charge in [-0.05, 0) is 31.5 Å². The van der Waals surface area contributed by atoms with Gasteiger partial charge in [0.25, 0.3) is 0 Å². The van der Waals surface area contributed by atoms with Crippen LogP contribution < -0.4 is 0 Å². The minimum atomic E-state index is -0.952. The molecule has 0 aliphatic heterocycles. The molecule has 1 aromatic heterocycles. The second-order valence-electron chi connectivity index (χ2n) is 5.21. The second-order valence-corrected chi connectivity index (χ2v) is 7.01. The van der Waals surface area contributed by atoms with Crippen molar-refractivity contribution in [2.45, 2.75) is 38.5 Å². The van der Waals surface area contributed by atoms with Crippen LogP contribution in [0.25, 0.3) is 11.0 Å². The number of rotatable bonds is 6. The molecule has 0 amide bonds. The first-order chi connectivity index (χ1) is 9.93. The monoisotopic (exact) mass is 308 g/mol. The van der Waals surface area contributed by atoms with Gasteiger partial charge < -0.3 is 9.67 Å². The van der Waals surface area contributed by atoms with Crippen molar-refractivity contribution >= 4 is 27.8 Å². The van der Waals surface area contributed by atoms with Crippen LogP contribution in [0, 0.1) is 0 Å². The van der Waals surface area contributed by atoms with E-state index in [1.54, 1.807) is 24.5 Å². The van der Waals surface area contributed by atoms with Crippen molar-refractivity contribution in [3.63, 3.8) is 0 Å². The average Bonchev–Trinajstić information content (AvgIpc) is 2.76. The number of aromatic nitrogens is 2. The molecule has 21 heavy (non-hydrogen) atoms. The van der Waals surface area contributed by atoms with Gasteiger partial charge in [-0.3, -0.25) is 4.21 Å². The van der Waals surface area contributed by atoms with E-state index >= 15 is 0 Å². The van der Waals surface area contributed by atoms with Crippen molar-refractivity contribution in [1.29, 1.82) is 0 Å². The summed E-state index contributed by atoms with van der Waals surface area (Å²) < 4.78 is 13.7. The maximum absolute atomic E-state index is 11.6. The average molecular weight is 308 g/mol. The number of carbonyl (C=O) groups is 1. The van der Waals surface area contributed by atoms with E-state index in [1.807, 2.05) is 6.92 Å². The maximum atomic E-state index is 11.6. The van der Waals surface area contributed by atoms with Crippen LogP contribution in [-0.2, 0) is 23.8 Å². The van der Waals surface area contributed by atoms with Gasteiger partial charge in [0.2, 0.25) is 0 Å². The van der Waals surface area contributed by atoms with Crippen LogP contribution in [0.2, 0.25) is 0 Å². The number of fused-ring (bicyclic) bond motifs is 1. The zero-order valence-corrected chi connectivity index (χ0v) is 13.3. The SMILES string of the molecule is CCCc1nc2cc(C(=O)O)ccc2n1CC(C)S(C)=O. The van der Waals surface area contributed by atoms with Crippen LogP contribution in [0.1, 0.15) is 36.5 Å². The number of hydrogen-bond acceptors (Lipinski definition) is 3. The Labute approximate surface area is 126 Å². The molecule has 1 N–H and O–H groups in total. The molecule has 2 atom stereocenters. The lowest BCUT2D eigenvalue weighted by Crippen LogP contribution is -2.19. The van der Waals surface area contributed by atoms with E-state index in [2.05, 4.69) is 16.5 Å². The molecule has 0 aliphatic carbocycles. The molecule has 0 spiro atoms. The zero-order valence-electron chi connectivity index (χ0n) is 12.5. The van der Waals surface area contributed by atoms with Crippen LogP contribution in [-0.4, -0.2) is 36.3 Å². The van der Waals surface area contributed by atoms with Crippen molar-refractivity contribution < 1.29 is 14.1 Å². The summed E-state index contributed by atoms with van der Waals surface area (Å²) in [5.41, 5.74) is 1.83. The Kier molecular flexibility index (Phi) is 4.77. The molecule has 0 radical (unpaired) electrons. The topological polar surface area (TPSA) is 72.2 Å².